The zero-order valence-corrected chi connectivity index (χ0v) is 15.6. The van der Waals surface area contributed by atoms with E-state index < -0.39 is 0 Å². The molecule has 1 saturated carbocycles. The quantitative estimate of drug-likeness (QED) is 0.588. The van der Waals surface area contributed by atoms with Crippen LogP contribution < -0.4 is 5.32 Å². The SMILES string of the molecule is CCOC(=O)c1ccc(NC(=O)CSc2nccn2C2CCCC2)cc1. The maximum Gasteiger partial charge on any atom is 0.338 e. The highest BCUT2D eigenvalue weighted by molar-refractivity contribution is 7.99. The van der Waals surface area contributed by atoms with Gasteiger partial charge in [0, 0.05) is 24.1 Å². The first kappa shape index (κ1) is 18.5. The lowest BCUT2D eigenvalue weighted by Crippen LogP contribution is -2.15. The van der Waals surface area contributed by atoms with Gasteiger partial charge in [-0.2, -0.15) is 0 Å². The second-order valence-corrected chi connectivity index (χ2v) is 7.13. The Kier molecular flexibility index (Phi) is 6.33. The predicted molar refractivity (Wildman–Crippen MR) is 101 cm³/mol. The molecule has 1 fully saturated rings. The van der Waals surface area contributed by atoms with Gasteiger partial charge in [-0.25, -0.2) is 9.78 Å². The number of nitrogens with one attached hydrogen (secondary N) is 1. The van der Waals surface area contributed by atoms with E-state index >= 15 is 0 Å². The Morgan fingerprint density at radius 2 is 2.00 bits per heavy atom. The first-order valence-electron chi connectivity index (χ1n) is 8.90. The fourth-order valence-corrected chi connectivity index (χ4v) is 3.93. The molecule has 6 nitrogen and oxygen atoms in total. The Labute approximate surface area is 157 Å². The van der Waals surface area contributed by atoms with Crippen LogP contribution in [0.3, 0.4) is 0 Å². The van der Waals surface area contributed by atoms with Crippen LogP contribution in [0.15, 0.2) is 41.8 Å². The summed E-state index contributed by atoms with van der Waals surface area (Å²) in [4.78, 5) is 28.2. The fourth-order valence-electron chi connectivity index (χ4n) is 3.10. The molecule has 138 valence electrons. The van der Waals surface area contributed by atoms with E-state index in [1.54, 1.807) is 37.4 Å². The zero-order valence-electron chi connectivity index (χ0n) is 14.8. The van der Waals surface area contributed by atoms with E-state index in [0.29, 0.717) is 29.7 Å². The van der Waals surface area contributed by atoms with Crippen LogP contribution in [0.4, 0.5) is 5.69 Å². The van der Waals surface area contributed by atoms with Crippen LogP contribution in [0.25, 0.3) is 0 Å². The van der Waals surface area contributed by atoms with Gasteiger partial charge in [-0.3, -0.25) is 4.79 Å². The highest BCUT2D eigenvalue weighted by Crippen LogP contribution is 2.32. The molecule has 0 bridgehead atoms. The Morgan fingerprint density at radius 3 is 2.69 bits per heavy atom. The number of anilines is 1. The highest BCUT2D eigenvalue weighted by Gasteiger charge is 2.19. The average Bonchev–Trinajstić information content (AvgIpc) is 3.32. The number of hydrogen-bond acceptors (Lipinski definition) is 5. The van der Waals surface area contributed by atoms with E-state index in [9.17, 15) is 9.59 Å². The van der Waals surface area contributed by atoms with E-state index in [1.807, 2.05) is 6.20 Å². The minimum absolute atomic E-state index is 0.0974. The minimum Gasteiger partial charge on any atom is -0.462 e. The number of carbonyl (C=O) groups excluding carboxylic acids is 2. The molecule has 1 N–H and O–H groups in total. The standard InChI is InChI=1S/C19H23N3O3S/c1-2-25-18(24)14-7-9-15(10-8-14)21-17(23)13-26-19-20-11-12-22(19)16-5-3-4-6-16/h7-12,16H,2-6,13H2,1H3,(H,21,23). The lowest BCUT2D eigenvalue weighted by atomic mass is 10.2. The summed E-state index contributed by atoms with van der Waals surface area (Å²) in [6, 6.07) is 7.21. The molecule has 1 aliphatic carbocycles. The van der Waals surface area contributed by atoms with Gasteiger partial charge in [-0.05, 0) is 44.0 Å². The molecule has 0 unspecified atom stereocenters. The van der Waals surface area contributed by atoms with Crippen molar-refractivity contribution in [1.29, 1.82) is 0 Å². The molecule has 7 heteroatoms. The lowest BCUT2D eigenvalue weighted by Gasteiger charge is -2.14. The van der Waals surface area contributed by atoms with Crippen molar-refractivity contribution in [3.05, 3.63) is 42.2 Å². The Hall–Kier alpha value is -2.28. The molecule has 0 radical (unpaired) electrons. The Balaban J connectivity index is 1.52. The number of imidazole rings is 1. The van der Waals surface area contributed by atoms with Gasteiger partial charge in [0.05, 0.1) is 17.9 Å². The van der Waals surface area contributed by atoms with Crippen molar-refractivity contribution in [2.24, 2.45) is 0 Å². The number of thioether (sulfide) groups is 1. The van der Waals surface area contributed by atoms with Gasteiger partial charge in [0.15, 0.2) is 5.16 Å². The molecule has 26 heavy (non-hydrogen) atoms. The fraction of sp³-hybridized carbons (Fsp3) is 0.421. The second-order valence-electron chi connectivity index (χ2n) is 6.19. The third-order valence-electron chi connectivity index (χ3n) is 4.36. The number of ether oxygens (including phenoxy) is 1. The average molecular weight is 373 g/mol. The molecule has 1 heterocycles. The van der Waals surface area contributed by atoms with Gasteiger partial charge in [-0.15, -0.1) is 0 Å². The molecule has 1 aromatic heterocycles. The summed E-state index contributed by atoms with van der Waals surface area (Å²) in [7, 11) is 0. The molecular formula is C19H23N3O3S. The number of carbonyl (C=O) groups is 2. The number of amides is 1. The Morgan fingerprint density at radius 1 is 1.27 bits per heavy atom. The summed E-state index contributed by atoms with van der Waals surface area (Å²) in [6.45, 7) is 2.10. The van der Waals surface area contributed by atoms with Gasteiger partial charge < -0.3 is 14.6 Å². The highest BCUT2D eigenvalue weighted by atomic mass is 32.2. The number of rotatable bonds is 7. The normalized spacial score (nSPS) is 14.3. The van der Waals surface area contributed by atoms with Crippen molar-refractivity contribution in [3.8, 4) is 0 Å². The lowest BCUT2D eigenvalue weighted by molar-refractivity contribution is -0.113. The first-order chi connectivity index (χ1) is 12.7. The zero-order chi connectivity index (χ0) is 18.4. The van der Waals surface area contributed by atoms with Crippen LogP contribution in [0.2, 0.25) is 0 Å². The van der Waals surface area contributed by atoms with Crippen molar-refractivity contribution in [3.63, 3.8) is 0 Å². The molecule has 0 saturated heterocycles. The summed E-state index contributed by atoms with van der Waals surface area (Å²) < 4.78 is 7.14. The number of aromatic nitrogens is 2. The van der Waals surface area contributed by atoms with Crippen molar-refractivity contribution in [2.45, 2.75) is 43.8 Å². The van der Waals surface area contributed by atoms with E-state index in [1.165, 1.54) is 37.4 Å². The molecule has 0 atom stereocenters. The van der Waals surface area contributed by atoms with Crippen molar-refractivity contribution in [2.75, 3.05) is 17.7 Å². The number of benzene rings is 1. The maximum atomic E-state index is 12.2. The third kappa shape index (κ3) is 4.66. The van der Waals surface area contributed by atoms with Crippen molar-refractivity contribution in [1.82, 2.24) is 9.55 Å². The molecule has 0 spiro atoms. The molecule has 2 aromatic rings. The molecule has 0 aliphatic heterocycles. The van der Waals surface area contributed by atoms with Crippen LogP contribution >= 0.6 is 11.8 Å². The number of esters is 1. The molecule has 1 aromatic carbocycles. The minimum atomic E-state index is -0.361. The maximum absolute atomic E-state index is 12.2. The number of hydrogen-bond donors (Lipinski definition) is 1. The predicted octanol–water partition coefficient (Wildman–Crippen LogP) is 3.91. The topological polar surface area (TPSA) is 73.2 Å². The summed E-state index contributed by atoms with van der Waals surface area (Å²) in [5, 5.41) is 3.74. The van der Waals surface area contributed by atoms with Gasteiger partial charge in [0.1, 0.15) is 0 Å². The summed E-state index contributed by atoms with van der Waals surface area (Å²) in [5.41, 5.74) is 1.13. The van der Waals surface area contributed by atoms with Gasteiger partial charge >= 0.3 is 5.97 Å². The van der Waals surface area contributed by atoms with E-state index in [-0.39, 0.29) is 11.9 Å². The largest absolute Gasteiger partial charge is 0.462 e. The van der Waals surface area contributed by atoms with E-state index in [2.05, 4.69) is 14.9 Å². The summed E-state index contributed by atoms with van der Waals surface area (Å²) in [6.07, 6.45) is 8.69. The monoisotopic (exact) mass is 373 g/mol. The number of nitrogens with zero attached hydrogens (tertiary/aromatic N) is 2. The van der Waals surface area contributed by atoms with Crippen LogP contribution in [-0.4, -0.2) is 33.8 Å². The molecule has 3 rings (SSSR count). The summed E-state index contributed by atoms with van der Waals surface area (Å²) >= 11 is 1.45. The first-order valence-corrected chi connectivity index (χ1v) is 9.88. The van der Waals surface area contributed by atoms with E-state index in [0.717, 1.165) is 5.16 Å². The van der Waals surface area contributed by atoms with Crippen molar-refractivity contribution >= 4 is 29.3 Å². The van der Waals surface area contributed by atoms with Gasteiger partial charge in [-0.1, -0.05) is 24.6 Å². The third-order valence-corrected chi connectivity index (χ3v) is 5.34. The smallest absolute Gasteiger partial charge is 0.338 e. The summed E-state index contributed by atoms with van der Waals surface area (Å²) in [5.74, 6) is -0.164. The molecule has 1 aliphatic rings. The van der Waals surface area contributed by atoms with Crippen molar-refractivity contribution < 1.29 is 14.3 Å². The van der Waals surface area contributed by atoms with Crippen LogP contribution in [0, 0.1) is 0 Å². The van der Waals surface area contributed by atoms with Crippen LogP contribution in [-0.2, 0) is 9.53 Å². The molecular weight excluding hydrogens is 350 g/mol. The van der Waals surface area contributed by atoms with Crippen LogP contribution in [0.5, 0.6) is 0 Å². The molecule has 1 amide bonds. The Bertz CT molecular complexity index is 752. The van der Waals surface area contributed by atoms with Gasteiger partial charge in [0.25, 0.3) is 0 Å². The van der Waals surface area contributed by atoms with Gasteiger partial charge in [0.2, 0.25) is 5.91 Å². The van der Waals surface area contributed by atoms with Crippen LogP contribution in [0.1, 0.15) is 49.0 Å². The van der Waals surface area contributed by atoms with E-state index in [4.69, 9.17) is 4.74 Å². The second kappa shape index (κ2) is 8.89.